The van der Waals surface area contributed by atoms with Crippen LogP contribution in [0.5, 0.6) is 5.75 Å². The molecule has 0 aliphatic carbocycles. The van der Waals surface area contributed by atoms with Gasteiger partial charge in [-0.3, -0.25) is 4.90 Å². The third kappa shape index (κ3) is 3.48. The van der Waals surface area contributed by atoms with E-state index in [1.165, 1.54) is 30.5 Å². The summed E-state index contributed by atoms with van der Waals surface area (Å²) in [7, 11) is 1.76. The van der Waals surface area contributed by atoms with Crippen LogP contribution in [0.3, 0.4) is 0 Å². The van der Waals surface area contributed by atoms with Crippen LogP contribution in [0.15, 0.2) is 18.2 Å². The molecule has 0 aromatic heterocycles. The maximum atomic E-state index is 5.70. The van der Waals surface area contributed by atoms with E-state index in [-0.39, 0.29) is 0 Å². The highest BCUT2D eigenvalue weighted by atomic mass is 16.5. The zero-order chi connectivity index (χ0) is 13.7. The Bertz CT molecular complexity index is 406. The minimum Gasteiger partial charge on any atom is -0.496 e. The predicted molar refractivity (Wildman–Crippen MR) is 79.7 cm³/mol. The number of nitrogens with two attached hydrogens (primary N) is 1. The van der Waals surface area contributed by atoms with Crippen LogP contribution in [-0.4, -0.2) is 37.7 Å². The molecule has 1 fully saturated rings. The van der Waals surface area contributed by atoms with E-state index >= 15 is 0 Å². The molecular formula is C16H26N2O. The normalized spacial score (nSPS) is 19.8. The molecule has 3 nitrogen and oxygen atoms in total. The van der Waals surface area contributed by atoms with Crippen LogP contribution in [0.2, 0.25) is 0 Å². The number of ether oxygens (including phenoxy) is 1. The smallest absolute Gasteiger partial charge is 0.122 e. The Morgan fingerprint density at radius 2 is 2.26 bits per heavy atom. The lowest BCUT2D eigenvalue weighted by Crippen LogP contribution is -2.35. The largest absolute Gasteiger partial charge is 0.496 e. The Hall–Kier alpha value is -1.06. The Morgan fingerprint density at radius 1 is 1.42 bits per heavy atom. The lowest BCUT2D eigenvalue weighted by Gasteiger charge is -2.24. The number of rotatable bonds is 6. The van der Waals surface area contributed by atoms with E-state index in [1.807, 2.05) is 0 Å². The van der Waals surface area contributed by atoms with Crippen LogP contribution in [0.25, 0.3) is 0 Å². The van der Waals surface area contributed by atoms with Crippen LogP contribution in [0, 0.1) is 0 Å². The van der Waals surface area contributed by atoms with Crippen molar-refractivity contribution >= 4 is 0 Å². The fraction of sp³-hybridized carbons (Fsp3) is 0.625. The van der Waals surface area contributed by atoms with Crippen LogP contribution in [0.4, 0.5) is 0 Å². The quantitative estimate of drug-likeness (QED) is 0.854. The zero-order valence-electron chi connectivity index (χ0n) is 12.2. The molecule has 0 bridgehead atoms. The summed E-state index contributed by atoms with van der Waals surface area (Å²) in [4.78, 5) is 2.53. The average molecular weight is 262 g/mol. The van der Waals surface area contributed by atoms with Crippen LogP contribution in [-0.2, 0) is 12.8 Å². The summed E-state index contributed by atoms with van der Waals surface area (Å²) in [5.41, 5.74) is 8.43. The molecular weight excluding hydrogens is 236 g/mol. The molecule has 1 aromatic carbocycles. The molecule has 1 unspecified atom stereocenters. The molecule has 1 atom stereocenters. The minimum absolute atomic E-state index is 0.629. The average Bonchev–Trinajstić information content (AvgIpc) is 2.86. The van der Waals surface area contributed by atoms with Gasteiger partial charge >= 0.3 is 0 Å². The van der Waals surface area contributed by atoms with Crippen molar-refractivity contribution in [2.24, 2.45) is 5.73 Å². The van der Waals surface area contributed by atoms with Gasteiger partial charge in [0, 0.05) is 19.1 Å². The summed E-state index contributed by atoms with van der Waals surface area (Å²) < 4.78 is 5.51. The molecule has 0 amide bonds. The van der Waals surface area contributed by atoms with Crippen molar-refractivity contribution in [1.82, 2.24) is 4.90 Å². The van der Waals surface area contributed by atoms with E-state index in [0.717, 1.165) is 31.7 Å². The second-order valence-corrected chi connectivity index (χ2v) is 5.32. The van der Waals surface area contributed by atoms with Gasteiger partial charge in [0.15, 0.2) is 0 Å². The summed E-state index contributed by atoms with van der Waals surface area (Å²) in [6.45, 7) is 5.16. The molecule has 1 aliphatic rings. The molecule has 2 rings (SSSR count). The number of hydrogen-bond acceptors (Lipinski definition) is 3. The lowest BCUT2D eigenvalue weighted by atomic mass is 10.00. The van der Waals surface area contributed by atoms with Gasteiger partial charge in [0.2, 0.25) is 0 Å². The number of methoxy groups -OCH3 is 1. The van der Waals surface area contributed by atoms with Gasteiger partial charge in [0.1, 0.15) is 5.75 Å². The van der Waals surface area contributed by atoms with Crippen LogP contribution in [0.1, 0.15) is 30.9 Å². The first-order chi connectivity index (χ1) is 9.28. The first kappa shape index (κ1) is 14.4. The van der Waals surface area contributed by atoms with Gasteiger partial charge in [-0.1, -0.05) is 19.1 Å². The van der Waals surface area contributed by atoms with Crippen molar-refractivity contribution in [3.63, 3.8) is 0 Å². The lowest BCUT2D eigenvalue weighted by molar-refractivity contribution is 0.257. The van der Waals surface area contributed by atoms with Crippen molar-refractivity contribution in [1.29, 1.82) is 0 Å². The van der Waals surface area contributed by atoms with Gasteiger partial charge in [-0.2, -0.15) is 0 Å². The van der Waals surface area contributed by atoms with E-state index in [1.54, 1.807) is 7.11 Å². The topological polar surface area (TPSA) is 38.5 Å². The van der Waals surface area contributed by atoms with Gasteiger partial charge < -0.3 is 10.5 Å². The SMILES string of the molecule is CCc1ccc(OC)c(CC2CCCN2CCN)c1. The second-order valence-electron chi connectivity index (χ2n) is 5.32. The highest BCUT2D eigenvalue weighted by Crippen LogP contribution is 2.27. The monoisotopic (exact) mass is 262 g/mol. The highest BCUT2D eigenvalue weighted by molar-refractivity contribution is 5.38. The van der Waals surface area contributed by atoms with Crippen molar-refractivity contribution in [3.8, 4) is 5.75 Å². The highest BCUT2D eigenvalue weighted by Gasteiger charge is 2.24. The Balaban J connectivity index is 2.12. The van der Waals surface area contributed by atoms with E-state index in [9.17, 15) is 0 Å². The van der Waals surface area contributed by atoms with Crippen molar-refractivity contribution in [2.75, 3.05) is 26.7 Å². The Morgan fingerprint density at radius 3 is 2.95 bits per heavy atom. The number of hydrogen-bond donors (Lipinski definition) is 1. The maximum Gasteiger partial charge on any atom is 0.122 e. The van der Waals surface area contributed by atoms with E-state index in [4.69, 9.17) is 10.5 Å². The number of nitrogens with zero attached hydrogens (tertiary/aromatic N) is 1. The molecule has 0 spiro atoms. The summed E-state index contributed by atoms with van der Waals surface area (Å²) in [5, 5.41) is 0. The molecule has 1 saturated heterocycles. The molecule has 1 aliphatic heterocycles. The summed E-state index contributed by atoms with van der Waals surface area (Å²) >= 11 is 0. The molecule has 19 heavy (non-hydrogen) atoms. The standard InChI is InChI=1S/C16H26N2O/c1-3-13-6-7-16(19-2)14(11-13)12-15-5-4-9-18(15)10-8-17/h6-7,11,15H,3-5,8-10,12,17H2,1-2H3. The molecule has 1 heterocycles. The Kier molecular flexibility index (Phi) is 5.23. The molecule has 106 valence electrons. The number of aryl methyl sites for hydroxylation is 1. The van der Waals surface area contributed by atoms with Gasteiger partial charge in [0.25, 0.3) is 0 Å². The maximum absolute atomic E-state index is 5.70. The summed E-state index contributed by atoms with van der Waals surface area (Å²) in [6.07, 6.45) is 4.73. The molecule has 3 heteroatoms. The minimum atomic E-state index is 0.629. The number of likely N-dealkylation sites (tertiary alicyclic amines) is 1. The van der Waals surface area contributed by atoms with Gasteiger partial charge in [-0.15, -0.1) is 0 Å². The molecule has 0 radical (unpaired) electrons. The zero-order valence-corrected chi connectivity index (χ0v) is 12.2. The van der Waals surface area contributed by atoms with Gasteiger partial charge in [0.05, 0.1) is 7.11 Å². The number of benzene rings is 1. The predicted octanol–water partition coefficient (Wildman–Crippen LogP) is 2.22. The van der Waals surface area contributed by atoms with Gasteiger partial charge in [-0.05, 0) is 49.4 Å². The third-order valence-corrected chi connectivity index (χ3v) is 4.12. The molecule has 2 N–H and O–H groups in total. The summed E-state index contributed by atoms with van der Waals surface area (Å²) in [6, 6.07) is 7.20. The first-order valence-electron chi connectivity index (χ1n) is 7.38. The van der Waals surface area contributed by atoms with Crippen LogP contribution >= 0.6 is 0 Å². The first-order valence-corrected chi connectivity index (χ1v) is 7.38. The van der Waals surface area contributed by atoms with E-state index < -0.39 is 0 Å². The second kappa shape index (κ2) is 6.92. The molecule has 0 saturated carbocycles. The third-order valence-electron chi connectivity index (χ3n) is 4.12. The van der Waals surface area contributed by atoms with Crippen molar-refractivity contribution < 1.29 is 4.74 Å². The van der Waals surface area contributed by atoms with Crippen molar-refractivity contribution in [3.05, 3.63) is 29.3 Å². The fourth-order valence-corrected chi connectivity index (χ4v) is 3.05. The van der Waals surface area contributed by atoms with E-state index in [2.05, 4.69) is 30.0 Å². The summed E-state index contributed by atoms with van der Waals surface area (Å²) in [5.74, 6) is 1.02. The molecule has 1 aromatic rings. The fourth-order valence-electron chi connectivity index (χ4n) is 3.05. The van der Waals surface area contributed by atoms with Crippen LogP contribution < -0.4 is 10.5 Å². The van der Waals surface area contributed by atoms with E-state index in [0.29, 0.717) is 6.04 Å². The van der Waals surface area contributed by atoms with Crippen molar-refractivity contribution in [2.45, 2.75) is 38.6 Å². The van der Waals surface area contributed by atoms with Gasteiger partial charge in [-0.25, -0.2) is 0 Å². The Labute approximate surface area is 116 Å².